The Hall–Kier alpha value is -3.36. The second kappa shape index (κ2) is 8.55. The van der Waals surface area contributed by atoms with Gasteiger partial charge in [-0.1, -0.05) is 20.8 Å². The summed E-state index contributed by atoms with van der Waals surface area (Å²) < 4.78 is 10.6. The van der Waals surface area contributed by atoms with Crippen molar-refractivity contribution in [3.05, 3.63) is 30.8 Å². The number of carbonyl (C=O) groups is 3. The van der Waals surface area contributed by atoms with Gasteiger partial charge in [0, 0.05) is 18.8 Å². The topological polar surface area (TPSA) is 123 Å². The first kappa shape index (κ1) is 20.9. The highest BCUT2D eigenvalue weighted by Crippen LogP contribution is 2.32. The molecule has 1 unspecified atom stereocenters. The zero-order chi connectivity index (χ0) is 20.9. The first-order valence-electron chi connectivity index (χ1n) is 8.57. The van der Waals surface area contributed by atoms with Crippen molar-refractivity contribution in [1.29, 1.82) is 0 Å². The van der Waals surface area contributed by atoms with Gasteiger partial charge in [0.2, 0.25) is 5.91 Å². The molecule has 0 spiro atoms. The van der Waals surface area contributed by atoms with Gasteiger partial charge in [-0.05, 0) is 17.5 Å². The molecular formula is C19H24N4O5. The van der Waals surface area contributed by atoms with Crippen LogP contribution in [0.2, 0.25) is 0 Å². The lowest BCUT2D eigenvalue weighted by atomic mass is 9.86. The van der Waals surface area contributed by atoms with Gasteiger partial charge < -0.3 is 25.1 Å². The first-order valence-corrected chi connectivity index (χ1v) is 8.57. The summed E-state index contributed by atoms with van der Waals surface area (Å²) in [6, 6.07) is 3.98. The van der Waals surface area contributed by atoms with E-state index in [0.717, 1.165) is 0 Å². The monoisotopic (exact) mass is 388 g/mol. The third kappa shape index (κ3) is 4.87. The molecule has 1 heterocycles. The number of aromatic nitrogens is 1. The number of anilines is 1. The van der Waals surface area contributed by atoms with Crippen LogP contribution in [0.4, 0.5) is 5.69 Å². The van der Waals surface area contributed by atoms with Gasteiger partial charge in [0.15, 0.2) is 12.2 Å². The van der Waals surface area contributed by atoms with Crippen molar-refractivity contribution in [3.63, 3.8) is 0 Å². The van der Waals surface area contributed by atoms with Crippen molar-refractivity contribution in [3.8, 4) is 17.1 Å². The summed E-state index contributed by atoms with van der Waals surface area (Å²) in [6.07, 6.45) is 2.84. The Morgan fingerprint density at radius 2 is 1.89 bits per heavy atom. The number of hydrogen-bond donors (Lipinski definition) is 3. The van der Waals surface area contributed by atoms with E-state index in [1.807, 2.05) is 0 Å². The Kier molecular flexibility index (Phi) is 6.40. The fraction of sp³-hybridized carbons (Fsp3) is 0.368. The number of amides is 3. The van der Waals surface area contributed by atoms with Crippen molar-refractivity contribution in [2.45, 2.75) is 26.8 Å². The number of rotatable bonds is 5. The van der Waals surface area contributed by atoms with E-state index in [-0.39, 0.29) is 5.91 Å². The normalized spacial score (nSPS) is 12.0. The summed E-state index contributed by atoms with van der Waals surface area (Å²) in [7, 11) is 2.94. The molecule has 28 heavy (non-hydrogen) atoms. The summed E-state index contributed by atoms with van der Waals surface area (Å²) in [5.74, 6) is -1.25. The van der Waals surface area contributed by atoms with Crippen LogP contribution in [0.1, 0.15) is 20.8 Å². The summed E-state index contributed by atoms with van der Waals surface area (Å²) in [4.78, 5) is 40.4. The number of oxazole rings is 1. The van der Waals surface area contributed by atoms with Gasteiger partial charge in [0.25, 0.3) is 0 Å². The minimum absolute atomic E-state index is 0.354. The summed E-state index contributed by atoms with van der Waals surface area (Å²) in [5.41, 5.74) is 0.431. The van der Waals surface area contributed by atoms with E-state index in [1.54, 1.807) is 39.0 Å². The molecular weight excluding hydrogens is 364 g/mol. The molecule has 9 nitrogen and oxygen atoms in total. The van der Waals surface area contributed by atoms with Gasteiger partial charge in [0.1, 0.15) is 11.8 Å². The largest absolute Gasteiger partial charge is 0.496 e. The number of methoxy groups -OCH3 is 1. The molecule has 2 aromatic rings. The molecule has 0 saturated heterocycles. The maximum absolute atomic E-state index is 12.3. The molecule has 3 N–H and O–H groups in total. The third-order valence-corrected chi connectivity index (χ3v) is 4.01. The zero-order valence-electron chi connectivity index (χ0n) is 16.5. The van der Waals surface area contributed by atoms with Crippen LogP contribution in [0, 0.1) is 5.41 Å². The number of nitrogens with zero attached hydrogens (tertiary/aromatic N) is 1. The van der Waals surface area contributed by atoms with E-state index in [2.05, 4.69) is 20.9 Å². The van der Waals surface area contributed by atoms with E-state index < -0.39 is 23.3 Å². The SMILES string of the molecule is CNC(=O)C(NC(=O)C(=O)Nc1ccc(-c2cnco2)c(OC)c1)C(C)(C)C. The Labute approximate surface area is 162 Å². The van der Waals surface area contributed by atoms with Crippen LogP contribution in [-0.4, -0.2) is 42.9 Å². The summed E-state index contributed by atoms with van der Waals surface area (Å²) in [5, 5.41) is 7.45. The minimum Gasteiger partial charge on any atom is -0.496 e. The quantitative estimate of drug-likeness (QED) is 0.668. The predicted molar refractivity (Wildman–Crippen MR) is 103 cm³/mol. The number of ether oxygens (including phenoxy) is 1. The molecule has 1 aromatic heterocycles. The van der Waals surface area contributed by atoms with E-state index >= 15 is 0 Å². The Morgan fingerprint density at radius 3 is 2.43 bits per heavy atom. The molecule has 0 fully saturated rings. The van der Waals surface area contributed by atoms with Crippen LogP contribution in [0.5, 0.6) is 5.75 Å². The second-order valence-corrected chi connectivity index (χ2v) is 7.12. The lowest BCUT2D eigenvalue weighted by molar-refractivity contribution is -0.139. The molecule has 0 aliphatic heterocycles. The second-order valence-electron chi connectivity index (χ2n) is 7.12. The maximum atomic E-state index is 12.3. The first-order chi connectivity index (χ1) is 13.2. The van der Waals surface area contributed by atoms with Crippen molar-refractivity contribution in [2.75, 3.05) is 19.5 Å². The van der Waals surface area contributed by atoms with Crippen molar-refractivity contribution < 1.29 is 23.5 Å². The molecule has 2 rings (SSSR count). The molecule has 0 radical (unpaired) electrons. The van der Waals surface area contributed by atoms with Crippen LogP contribution in [0.15, 0.2) is 35.2 Å². The molecule has 3 amide bonds. The maximum Gasteiger partial charge on any atom is 0.313 e. The van der Waals surface area contributed by atoms with Gasteiger partial charge >= 0.3 is 11.8 Å². The van der Waals surface area contributed by atoms with Crippen molar-refractivity contribution in [2.24, 2.45) is 5.41 Å². The fourth-order valence-electron chi connectivity index (χ4n) is 2.53. The standard InChI is InChI=1S/C19H24N4O5/c1-19(2,3)15(16(24)20-4)23-18(26)17(25)22-11-6-7-12(13(8-11)27-5)14-9-21-10-28-14/h6-10,15H,1-5H3,(H,20,24)(H,22,25)(H,23,26). The Bertz CT molecular complexity index is 856. The molecule has 0 bridgehead atoms. The molecule has 1 aromatic carbocycles. The predicted octanol–water partition coefficient (Wildman–Crippen LogP) is 1.57. The highest BCUT2D eigenvalue weighted by atomic mass is 16.5. The van der Waals surface area contributed by atoms with Crippen LogP contribution in [-0.2, 0) is 14.4 Å². The molecule has 0 saturated carbocycles. The molecule has 9 heteroatoms. The van der Waals surface area contributed by atoms with Crippen LogP contribution >= 0.6 is 0 Å². The van der Waals surface area contributed by atoms with Gasteiger partial charge in [-0.3, -0.25) is 14.4 Å². The average molecular weight is 388 g/mol. The van der Waals surface area contributed by atoms with Gasteiger partial charge in [0.05, 0.1) is 18.9 Å². The molecule has 150 valence electrons. The lowest BCUT2D eigenvalue weighted by Crippen LogP contribution is -2.55. The fourth-order valence-corrected chi connectivity index (χ4v) is 2.53. The summed E-state index contributed by atoms with van der Waals surface area (Å²) >= 11 is 0. The number of likely N-dealkylation sites (N-methyl/N-ethyl adjacent to an activating group) is 1. The highest BCUT2D eigenvalue weighted by Gasteiger charge is 2.33. The average Bonchev–Trinajstić information content (AvgIpc) is 3.18. The smallest absolute Gasteiger partial charge is 0.313 e. The van der Waals surface area contributed by atoms with E-state index in [1.165, 1.54) is 26.7 Å². The molecule has 0 aliphatic carbocycles. The Balaban J connectivity index is 2.13. The highest BCUT2D eigenvalue weighted by molar-refractivity contribution is 6.40. The van der Waals surface area contributed by atoms with E-state index in [0.29, 0.717) is 22.8 Å². The van der Waals surface area contributed by atoms with Crippen molar-refractivity contribution >= 4 is 23.4 Å². The minimum atomic E-state index is -0.915. The van der Waals surface area contributed by atoms with E-state index in [4.69, 9.17) is 9.15 Å². The third-order valence-electron chi connectivity index (χ3n) is 4.01. The number of carbonyl (C=O) groups excluding carboxylic acids is 3. The number of nitrogens with one attached hydrogen (secondary N) is 3. The lowest BCUT2D eigenvalue weighted by Gasteiger charge is -2.29. The van der Waals surface area contributed by atoms with Gasteiger partial charge in [-0.25, -0.2) is 4.98 Å². The van der Waals surface area contributed by atoms with Gasteiger partial charge in [-0.15, -0.1) is 0 Å². The molecule has 0 aliphatic rings. The number of benzene rings is 1. The number of hydrogen-bond acceptors (Lipinski definition) is 6. The summed E-state index contributed by atoms with van der Waals surface area (Å²) in [6.45, 7) is 5.37. The van der Waals surface area contributed by atoms with Gasteiger partial charge in [-0.2, -0.15) is 0 Å². The van der Waals surface area contributed by atoms with Crippen LogP contribution < -0.4 is 20.7 Å². The Morgan fingerprint density at radius 1 is 1.18 bits per heavy atom. The van der Waals surface area contributed by atoms with E-state index in [9.17, 15) is 14.4 Å². The molecule has 1 atom stereocenters. The van der Waals surface area contributed by atoms with Crippen molar-refractivity contribution in [1.82, 2.24) is 15.6 Å². The van der Waals surface area contributed by atoms with Crippen LogP contribution in [0.25, 0.3) is 11.3 Å². The van der Waals surface area contributed by atoms with Crippen LogP contribution in [0.3, 0.4) is 0 Å². The zero-order valence-corrected chi connectivity index (χ0v) is 16.5.